The van der Waals surface area contributed by atoms with E-state index in [1.807, 2.05) is 31.2 Å². The zero-order valence-electron chi connectivity index (χ0n) is 11.2. The molecule has 20 heavy (non-hydrogen) atoms. The van der Waals surface area contributed by atoms with Crippen LogP contribution < -0.4 is 5.32 Å². The first-order valence-corrected chi connectivity index (χ1v) is 6.58. The van der Waals surface area contributed by atoms with Gasteiger partial charge in [0.15, 0.2) is 11.6 Å². The van der Waals surface area contributed by atoms with Crippen molar-refractivity contribution in [2.24, 2.45) is 0 Å². The lowest BCUT2D eigenvalue weighted by molar-refractivity contribution is 0.573. The smallest absolute Gasteiger partial charge is 0.190 e. The third-order valence-corrected chi connectivity index (χ3v) is 3.19. The number of nitrogens with zero attached hydrogens (tertiary/aromatic N) is 3. The van der Waals surface area contributed by atoms with Crippen molar-refractivity contribution in [3.8, 4) is 5.82 Å². The molecule has 1 N–H and O–H groups in total. The zero-order valence-corrected chi connectivity index (χ0v) is 11.2. The summed E-state index contributed by atoms with van der Waals surface area (Å²) in [5.41, 5.74) is 1.44. The Morgan fingerprint density at radius 3 is 2.95 bits per heavy atom. The Kier molecular flexibility index (Phi) is 3.43. The van der Waals surface area contributed by atoms with E-state index in [1.165, 1.54) is 0 Å². The second-order valence-electron chi connectivity index (χ2n) is 4.50. The molecule has 102 valence electrons. The Labute approximate surface area is 116 Å². The summed E-state index contributed by atoms with van der Waals surface area (Å²) in [6, 6.07) is 9.37. The van der Waals surface area contributed by atoms with Gasteiger partial charge in [-0.25, -0.2) is 14.1 Å². The van der Waals surface area contributed by atoms with Crippen LogP contribution in [0.3, 0.4) is 0 Å². The van der Waals surface area contributed by atoms with E-state index in [1.54, 1.807) is 23.1 Å². The van der Waals surface area contributed by atoms with Gasteiger partial charge < -0.3 is 5.32 Å². The van der Waals surface area contributed by atoms with E-state index in [4.69, 9.17) is 0 Å². The van der Waals surface area contributed by atoms with Gasteiger partial charge in [0.1, 0.15) is 0 Å². The molecular formula is C15H15FN4. The summed E-state index contributed by atoms with van der Waals surface area (Å²) in [5, 5.41) is 8.32. The van der Waals surface area contributed by atoms with Gasteiger partial charge in [0, 0.05) is 23.7 Å². The molecule has 0 bridgehead atoms. The molecule has 0 unspecified atom stereocenters. The average molecular weight is 270 g/mol. The molecule has 5 heteroatoms. The average Bonchev–Trinajstić information content (AvgIpc) is 2.90. The normalized spacial score (nSPS) is 11.1. The molecule has 4 nitrogen and oxygen atoms in total. The van der Waals surface area contributed by atoms with Crippen molar-refractivity contribution >= 4 is 10.9 Å². The van der Waals surface area contributed by atoms with Gasteiger partial charge in [0.2, 0.25) is 0 Å². The second kappa shape index (κ2) is 5.38. The summed E-state index contributed by atoms with van der Waals surface area (Å²) < 4.78 is 16.1. The van der Waals surface area contributed by atoms with Gasteiger partial charge in [-0.15, -0.1) is 0 Å². The van der Waals surface area contributed by atoms with Crippen molar-refractivity contribution in [3.05, 3.63) is 54.1 Å². The highest BCUT2D eigenvalue weighted by atomic mass is 19.1. The van der Waals surface area contributed by atoms with Gasteiger partial charge in [0.25, 0.3) is 0 Å². The molecule has 3 aromatic rings. The van der Waals surface area contributed by atoms with Gasteiger partial charge in [-0.1, -0.05) is 25.1 Å². The van der Waals surface area contributed by atoms with Crippen molar-refractivity contribution < 1.29 is 4.39 Å². The van der Waals surface area contributed by atoms with E-state index in [9.17, 15) is 4.39 Å². The van der Waals surface area contributed by atoms with E-state index in [0.717, 1.165) is 17.4 Å². The minimum absolute atomic E-state index is 0.238. The van der Waals surface area contributed by atoms with Crippen LogP contribution >= 0.6 is 0 Å². The SMILES string of the molecule is CCNCc1ccnc(-n2ncc3ccccc32)c1F. The van der Waals surface area contributed by atoms with Crippen LogP contribution in [0.5, 0.6) is 0 Å². The number of pyridine rings is 1. The summed E-state index contributed by atoms with van der Waals surface area (Å²) in [5.74, 6) is -0.0936. The quantitative estimate of drug-likeness (QED) is 0.792. The maximum Gasteiger partial charge on any atom is 0.190 e. The summed E-state index contributed by atoms with van der Waals surface area (Å²) in [6.07, 6.45) is 3.33. The van der Waals surface area contributed by atoms with Crippen molar-refractivity contribution in [1.82, 2.24) is 20.1 Å². The van der Waals surface area contributed by atoms with Crippen LogP contribution in [0.15, 0.2) is 42.7 Å². The molecule has 0 radical (unpaired) electrons. The van der Waals surface area contributed by atoms with Crippen molar-refractivity contribution in [3.63, 3.8) is 0 Å². The number of hydrogen-bond donors (Lipinski definition) is 1. The van der Waals surface area contributed by atoms with Gasteiger partial charge in [-0.3, -0.25) is 0 Å². The third kappa shape index (κ3) is 2.16. The number of halogens is 1. The molecule has 0 aliphatic heterocycles. The van der Waals surface area contributed by atoms with Crippen molar-refractivity contribution in [1.29, 1.82) is 0 Å². The lowest BCUT2D eigenvalue weighted by Gasteiger charge is -2.08. The minimum atomic E-state index is -0.331. The highest BCUT2D eigenvalue weighted by Gasteiger charge is 2.13. The van der Waals surface area contributed by atoms with Crippen LogP contribution in [-0.2, 0) is 6.54 Å². The van der Waals surface area contributed by atoms with Crippen LogP contribution in [0, 0.1) is 5.82 Å². The van der Waals surface area contributed by atoms with Crippen LogP contribution in [0.1, 0.15) is 12.5 Å². The van der Waals surface area contributed by atoms with Crippen LogP contribution in [0.25, 0.3) is 16.7 Å². The molecule has 0 aliphatic rings. The van der Waals surface area contributed by atoms with Gasteiger partial charge >= 0.3 is 0 Å². The van der Waals surface area contributed by atoms with Gasteiger partial charge in [-0.05, 0) is 18.7 Å². The predicted octanol–water partition coefficient (Wildman–Crippen LogP) is 2.67. The van der Waals surface area contributed by atoms with E-state index < -0.39 is 0 Å². The maximum atomic E-state index is 14.5. The minimum Gasteiger partial charge on any atom is -0.313 e. The molecule has 0 fully saturated rings. The third-order valence-electron chi connectivity index (χ3n) is 3.19. The molecule has 2 aromatic heterocycles. The monoisotopic (exact) mass is 270 g/mol. The standard InChI is InChI=1S/C15H15FN4/c1-2-17-9-12-7-8-18-15(14(12)16)20-13-6-4-3-5-11(13)10-19-20/h3-8,10,17H,2,9H2,1H3. The molecule has 0 saturated carbocycles. The number of aromatic nitrogens is 3. The molecule has 0 atom stereocenters. The Hall–Kier alpha value is -2.27. The molecule has 0 spiro atoms. The first kappa shape index (κ1) is 12.7. The summed E-state index contributed by atoms with van der Waals surface area (Å²) in [4.78, 5) is 4.14. The Morgan fingerprint density at radius 1 is 1.25 bits per heavy atom. The number of para-hydroxylation sites is 1. The first-order valence-electron chi connectivity index (χ1n) is 6.58. The fourth-order valence-corrected chi connectivity index (χ4v) is 2.16. The fraction of sp³-hybridized carbons (Fsp3) is 0.200. The van der Waals surface area contributed by atoms with Gasteiger partial charge in [-0.2, -0.15) is 5.10 Å². The molecule has 3 rings (SSSR count). The number of rotatable bonds is 4. The second-order valence-corrected chi connectivity index (χ2v) is 4.50. The summed E-state index contributed by atoms with van der Waals surface area (Å²) in [7, 11) is 0. The largest absolute Gasteiger partial charge is 0.313 e. The van der Waals surface area contributed by atoms with E-state index in [-0.39, 0.29) is 11.6 Å². The number of fused-ring (bicyclic) bond motifs is 1. The molecule has 1 aromatic carbocycles. The topological polar surface area (TPSA) is 42.7 Å². The van der Waals surface area contributed by atoms with Crippen LogP contribution in [-0.4, -0.2) is 21.3 Å². The molecule has 2 heterocycles. The number of benzene rings is 1. The summed E-state index contributed by atoms with van der Waals surface area (Å²) in [6.45, 7) is 3.26. The number of hydrogen-bond acceptors (Lipinski definition) is 3. The first-order chi connectivity index (χ1) is 9.81. The molecule has 0 aliphatic carbocycles. The number of nitrogens with one attached hydrogen (secondary N) is 1. The highest BCUT2D eigenvalue weighted by Crippen LogP contribution is 2.20. The Balaban J connectivity index is 2.10. The van der Waals surface area contributed by atoms with Crippen LogP contribution in [0.4, 0.5) is 4.39 Å². The highest BCUT2D eigenvalue weighted by molar-refractivity contribution is 5.79. The lowest BCUT2D eigenvalue weighted by Crippen LogP contribution is -2.14. The Bertz CT molecular complexity index is 736. The maximum absolute atomic E-state index is 14.5. The fourth-order valence-electron chi connectivity index (χ4n) is 2.16. The van der Waals surface area contributed by atoms with Crippen molar-refractivity contribution in [2.45, 2.75) is 13.5 Å². The molecular weight excluding hydrogens is 255 g/mol. The zero-order chi connectivity index (χ0) is 13.9. The van der Waals surface area contributed by atoms with Crippen molar-refractivity contribution in [2.75, 3.05) is 6.54 Å². The summed E-state index contributed by atoms with van der Waals surface area (Å²) >= 11 is 0. The molecule has 0 saturated heterocycles. The molecule has 0 amide bonds. The van der Waals surface area contributed by atoms with E-state index in [2.05, 4.69) is 15.4 Å². The van der Waals surface area contributed by atoms with E-state index in [0.29, 0.717) is 12.1 Å². The predicted molar refractivity (Wildman–Crippen MR) is 76.2 cm³/mol. The van der Waals surface area contributed by atoms with Crippen LogP contribution in [0.2, 0.25) is 0 Å². The Morgan fingerprint density at radius 2 is 2.10 bits per heavy atom. The van der Waals surface area contributed by atoms with Gasteiger partial charge in [0.05, 0.1) is 11.7 Å². The van der Waals surface area contributed by atoms with E-state index >= 15 is 0 Å². The lowest BCUT2D eigenvalue weighted by atomic mass is 10.2.